The Labute approximate surface area is 99.8 Å². The van der Waals surface area contributed by atoms with Gasteiger partial charge >= 0.3 is 6.09 Å². The quantitative estimate of drug-likeness (QED) is 0.819. The van der Waals surface area contributed by atoms with E-state index in [0.717, 1.165) is 12.0 Å². The zero-order valence-corrected chi connectivity index (χ0v) is 9.50. The first kappa shape index (κ1) is 11.7. The number of ether oxygens (including phenoxy) is 1. The summed E-state index contributed by atoms with van der Waals surface area (Å²) >= 11 is 0. The molecule has 0 bridgehead atoms. The number of rotatable bonds is 4. The maximum Gasteiger partial charge on any atom is 0.410 e. The van der Waals surface area contributed by atoms with E-state index in [2.05, 4.69) is 0 Å². The third kappa shape index (κ3) is 2.68. The van der Waals surface area contributed by atoms with Gasteiger partial charge in [0.25, 0.3) is 0 Å². The zero-order chi connectivity index (χ0) is 12.3. The Balaban J connectivity index is 2.05. The van der Waals surface area contributed by atoms with Gasteiger partial charge in [-0.05, 0) is 30.7 Å². The number of amides is 1. The van der Waals surface area contributed by atoms with Gasteiger partial charge in [-0.1, -0.05) is 12.1 Å². The average Bonchev–Trinajstić information content (AvgIpc) is 2.65. The van der Waals surface area contributed by atoms with Gasteiger partial charge in [0.2, 0.25) is 0 Å². The molecule has 5 nitrogen and oxygen atoms in total. The van der Waals surface area contributed by atoms with E-state index < -0.39 is 0 Å². The number of hydrogen-bond donors (Lipinski definition) is 2. The summed E-state index contributed by atoms with van der Waals surface area (Å²) in [6, 6.07) is 6.85. The molecule has 1 atom stereocenters. The molecule has 1 amide bonds. The molecule has 2 rings (SSSR count). The molecule has 92 valence electrons. The highest BCUT2D eigenvalue weighted by atomic mass is 16.6. The van der Waals surface area contributed by atoms with E-state index in [-0.39, 0.29) is 17.9 Å². The van der Waals surface area contributed by atoms with Crippen molar-refractivity contribution in [3.8, 4) is 5.75 Å². The number of cyclic esters (lactones) is 1. The van der Waals surface area contributed by atoms with Gasteiger partial charge in [-0.3, -0.25) is 4.90 Å². The summed E-state index contributed by atoms with van der Waals surface area (Å²) < 4.78 is 5.01. The Kier molecular flexibility index (Phi) is 3.49. The van der Waals surface area contributed by atoms with E-state index in [1.807, 2.05) is 0 Å². The van der Waals surface area contributed by atoms with Gasteiger partial charge in [0.1, 0.15) is 12.4 Å². The van der Waals surface area contributed by atoms with Crippen LogP contribution in [0.4, 0.5) is 4.79 Å². The van der Waals surface area contributed by atoms with E-state index in [4.69, 9.17) is 10.5 Å². The molecule has 1 aliphatic heterocycles. The predicted octanol–water partition coefficient (Wildman–Crippen LogP) is 1.06. The normalized spacial score (nSPS) is 19.5. The van der Waals surface area contributed by atoms with Crippen LogP contribution >= 0.6 is 0 Å². The van der Waals surface area contributed by atoms with Crippen LogP contribution in [-0.4, -0.2) is 35.3 Å². The van der Waals surface area contributed by atoms with Crippen molar-refractivity contribution >= 4 is 6.09 Å². The summed E-state index contributed by atoms with van der Waals surface area (Å²) in [4.78, 5) is 13.2. The van der Waals surface area contributed by atoms with Crippen molar-refractivity contribution < 1.29 is 14.6 Å². The second-order valence-corrected chi connectivity index (χ2v) is 4.10. The third-order valence-corrected chi connectivity index (χ3v) is 2.86. The fraction of sp³-hybridized carbons (Fsp3) is 0.417. The number of carbonyl (C=O) groups excluding carboxylic acids is 1. The number of nitrogens with zero attached hydrogens (tertiary/aromatic N) is 1. The van der Waals surface area contributed by atoms with Crippen molar-refractivity contribution in [3.05, 3.63) is 29.8 Å². The average molecular weight is 236 g/mol. The fourth-order valence-corrected chi connectivity index (χ4v) is 1.91. The molecule has 5 heteroatoms. The van der Waals surface area contributed by atoms with E-state index in [0.29, 0.717) is 19.7 Å². The van der Waals surface area contributed by atoms with Crippen molar-refractivity contribution in [1.82, 2.24) is 4.90 Å². The largest absolute Gasteiger partial charge is 0.508 e. The number of phenols is 1. The van der Waals surface area contributed by atoms with Crippen molar-refractivity contribution in [2.75, 3.05) is 13.2 Å². The molecule has 1 aromatic rings. The number of phenolic OH excluding ortho intramolecular Hbond substituents is 1. The number of hydrogen-bond acceptors (Lipinski definition) is 4. The zero-order valence-electron chi connectivity index (χ0n) is 9.50. The summed E-state index contributed by atoms with van der Waals surface area (Å²) in [5.74, 6) is 0.219. The third-order valence-electron chi connectivity index (χ3n) is 2.86. The Hall–Kier alpha value is -1.75. The summed E-state index contributed by atoms with van der Waals surface area (Å²) in [5, 5.41) is 9.18. The van der Waals surface area contributed by atoms with Crippen LogP contribution in [0.25, 0.3) is 0 Å². The molecule has 1 saturated heterocycles. The molecular weight excluding hydrogens is 220 g/mol. The molecule has 17 heavy (non-hydrogen) atoms. The summed E-state index contributed by atoms with van der Waals surface area (Å²) in [6.07, 6.45) is 0.445. The minimum atomic E-state index is -0.295. The van der Waals surface area contributed by atoms with Gasteiger partial charge in [0, 0.05) is 6.54 Å². The molecule has 0 radical (unpaired) electrons. The molecule has 0 saturated carbocycles. The van der Waals surface area contributed by atoms with Crippen LogP contribution in [0.15, 0.2) is 24.3 Å². The smallest absolute Gasteiger partial charge is 0.410 e. The SMILES string of the molecule is NCCC1COC(=O)N1Cc1ccc(O)cc1. The molecule has 0 aromatic heterocycles. The Morgan fingerprint density at radius 2 is 2.12 bits per heavy atom. The second kappa shape index (κ2) is 5.05. The first-order valence-electron chi connectivity index (χ1n) is 5.62. The van der Waals surface area contributed by atoms with Crippen LogP contribution in [-0.2, 0) is 11.3 Å². The summed E-state index contributed by atoms with van der Waals surface area (Å²) in [5.41, 5.74) is 6.46. The van der Waals surface area contributed by atoms with Crippen LogP contribution in [0, 0.1) is 0 Å². The van der Waals surface area contributed by atoms with Crippen LogP contribution in [0.1, 0.15) is 12.0 Å². The van der Waals surface area contributed by atoms with Crippen LogP contribution in [0.5, 0.6) is 5.75 Å². The Morgan fingerprint density at radius 3 is 2.76 bits per heavy atom. The van der Waals surface area contributed by atoms with Gasteiger partial charge in [-0.15, -0.1) is 0 Å². The lowest BCUT2D eigenvalue weighted by molar-refractivity contribution is 0.156. The van der Waals surface area contributed by atoms with E-state index in [1.54, 1.807) is 29.2 Å². The van der Waals surface area contributed by atoms with Crippen LogP contribution < -0.4 is 5.73 Å². The number of carbonyl (C=O) groups is 1. The summed E-state index contributed by atoms with van der Waals surface area (Å²) in [6.45, 7) is 1.44. The topological polar surface area (TPSA) is 75.8 Å². The molecule has 1 aliphatic rings. The van der Waals surface area contributed by atoms with Crippen molar-refractivity contribution in [3.63, 3.8) is 0 Å². The molecule has 1 unspecified atom stereocenters. The lowest BCUT2D eigenvalue weighted by Crippen LogP contribution is -2.34. The monoisotopic (exact) mass is 236 g/mol. The predicted molar refractivity (Wildman–Crippen MR) is 62.5 cm³/mol. The van der Waals surface area contributed by atoms with Gasteiger partial charge in [-0.25, -0.2) is 4.79 Å². The van der Waals surface area contributed by atoms with E-state index in [1.165, 1.54) is 0 Å². The lowest BCUT2D eigenvalue weighted by atomic mass is 10.1. The minimum Gasteiger partial charge on any atom is -0.508 e. The van der Waals surface area contributed by atoms with Crippen molar-refractivity contribution in [2.24, 2.45) is 5.73 Å². The maximum absolute atomic E-state index is 11.5. The van der Waals surface area contributed by atoms with E-state index in [9.17, 15) is 9.90 Å². The number of nitrogens with two attached hydrogens (primary N) is 1. The van der Waals surface area contributed by atoms with Gasteiger partial charge in [-0.2, -0.15) is 0 Å². The molecule has 1 heterocycles. The highest BCUT2D eigenvalue weighted by Crippen LogP contribution is 2.19. The standard InChI is InChI=1S/C12H16N2O3/c13-6-5-10-8-17-12(16)14(10)7-9-1-3-11(15)4-2-9/h1-4,10,15H,5-8,13H2. The first-order chi connectivity index (χ1) is 8.20. The van der Waals surface area contributed by atoms with Gasteiger partial charge in [0.05, 0.1) is 6.04 Å². The molecule has 0 spiro atoms. The Bertz CT molecular complexity index is 391. The molecule has 1 fully saturated rings. The summed E-state index contributed by atoms with van der Waals surface area (Å²) in [7, 11) is 0. The minimum absolute atomic E-state index is 0.0568. The van der Waals surface area contributed by atoms with Crippen molar-refractivity contribution in [2.45, 2.75) is 19.0 Å². The van der Waals surface area contributed by atoms with E-state index >= 15 is 0 Å². The Morgan fingerprint density at radius 1 is 1.41 bits per heavy atom. The van der Waals surface area contributed by atoms with Crippen LogP contribution in [0.3, 0.4) is 0 Å². The molecule has 1 aromatic carbocycles. The maximum atomic E-state index is 11.5. The number of benzene rings is 1. The van der Waals surface area contributed by atoms with Gasteiger partial charge < -0.3 is 15.6 Å². The highest BCUT2D eigenvalue weighted by Gasteiger charge is 2.31. The highest BCUT2D eigenvalue weighted by molar-refractivity contribution is 5.70. The lowest BCUT2D eigenvalue weighted by Gasteiger charge is -2.20. The molecule has 0 aliphatic carbocycles. The molecule has 3 N–H and O–H groups in total. The van der Waals surface area contributed by atoms with Gasteiger partial charge in [0.15, 0.2) is 0 Å². The van der Waals surface area contributed by atoms with Crippen LogP contribution in [0.2, 0.25) is 0 Å². The fourth-order valence-electron chi connectivity index (χ4n) is 1.91. The molecular formula is C12H16N2O3. The van der Waals surface area contributed by atoms with Crippen molar-refractivity contribution in [1.29, 1.82) is 0 Å². The number of aromatic hydroxyl groups is 1. The first-order valence-corrected chi connectivity index (χ1v) is 5.62. The second-order valence-electron chi connectivity index (χ2n) is 4.10.